The maximum absolute atomic E-state index is 6.04. The van der Waals surface area contributed by atoms with E-state index in [4.69, 9.17) is 9.47 Å². The van der Waals surface area contributed by atoms with Gasteiger partial charge in [-0.3, -0.25) is 14.9 Å². The molecule has 3 unspecified atom stereocenters. The van der Waals surface area contributed by atoms with E-state index in [1.807, 2.05) is 24.5 Å². The fraction of sp³-hybridized carbons (Fsp3) is 0.500. The average Bonchev–Trinajstić information content (AvgIpc) is 3.08. The summed E-state index contributed by atoms with van der Waals surface area (Å²) in [6, 6.07) is 10.6. The number of ether oxygens (including phenoxy) is 2. The fourth-order valence-electron chi connectivity index (χ4n) is 3.98. The van der Waals surface area contributed by atoms with Gasteiger partial charge in [0, 0.05) is 44.3 Å². The zero-order valence-electron chi connectivity index (χ0n) is 14.5. The molecule has 5 nitrogen and oxygen atoms in total. The first-order chi connectivity index (χ1) is 12.4. The average molecular weight is 339 g/mol. The van der Waals surface area contributed by atoms with E-state index in [1.165, 1.54) is 0 Å². The van der Waals surface area contributed by atoms with Crippen molar-refractivity contribution in [1.29, 1.82) is 0 Å². The Hall–Kier alpha value is -1.82. The number of fused-ring (bicyclic) bond motifs is 1. The molecule has 1 aliphatic heterocycles. The second kappa shape index (κ2) is 8.04. The maximum Gasteiger partial charge on any atom is 0.0734 e. The Kier molecular flexibility index (Phi) is 5.35. The van der Waals surface area contributed by atoms with E-state index >= 15 is 0 Å². The predicted molar refractivity (Wildman–Crippen MR) is 94.8 cm³/mol. The third-order valence-corrected chi connectivity index (χ3v) is 5.19. The Balaban J connectivity index is 1.30. The molecule has 25 heavy (non-hydrogen) atoms. The van der Waals surface area contributed by atoms with Gasteiger partial charge in [0.1, 0.15) is 0 Å². The monoisotopic (exact) mass is 339 g/mol. The van der Waals surface area contributed by atoms with Crippen LogP contribution in [0.25, 0.3) is 0 Å². The van der Waals surface area contributed by atoms with Gasteiger partial charge in [-0.2, -0.15) is 0 Å². The van der Waals surface area contributed by atoms with Crippen molar-refractivity contribution in [3.8, 4) is 0 Å². The van der Waals surface area contributed by atoms with E-state index in [0.29, 0.717) is 24.7 Å². The van der Waals surface area contributed by atoms with Crippen LogP contribution >= 0.6 is 0 Å². The van der Waals surface area contributed by atoms with Gasteiger partial charge in [0.05, 0.1) is 25.0 Å². The molecule has 5 heteroatoms. The van der Waals surface area contributed by atoms with E-state index < -0.39 is 0 Å². The minimum Gasteiger partial charge on any atom is -0.376 e. The molecule has 0 N–H and O–H groups in total. The molecule has 0 bridgehead atoms. The summed E-state index contributed by atoms with van der Waals surface area (Å²) in [5, 5.41) is 0. The topological polar surface area (TPSA) is 47.5 Å². The van der Waals surface area contributed by atoms with E-state index in [0.717, 1.165) is 50.4 Å². The number of hydrogen-bond acceptors (Lipinski definition) is 5. The Labute approximate surface area is 149 Å². The molecule has 2 aromatic heterocycles. The normalized spacial score (nSPS) is 26.5. The van der Waals surface area contributed by atoms with Crippen LogP contribution in [0.2, 0.25) is 0 Å². The van der Waals surface area contributed by atoms with Crippen LogP contribution in [0, 0.1) is 5.92 Å². The summed E-state index contributed by atoms with van der Waals surface area (Å²) >= 11 is 0. The summed E-state index contributed by atoms with van der Waals surface area (Å²) in [7, 11) is 0. The Morgan fingerprint density at radius 2 is 2.16 bits per heavy atom. The highest BCUT2D eigenvalue weighted by atomic mass is 16.5. The van der Waals surface area contributed by atoms with Gasteiger partial charge in [0.2, 0.25) is 0 Å². The van der Waals surface area contributed by atoms with Crippen LogP contribution in [0.15, 0.2) is 48.9 Å². The zero-order chi connectivity index (χ0) is 16.9. The Morgan fingerprint density at radius 3 is 3.00 bits per heavy atom. The minimum atomic E-state index is 0.337. The molecule has 1 aliphatic carbocycles. The van der Waals surface area contributed by atoms with Gasteiger partial charge in [-0.1, -0.05) is 12.1 Å². The maximum atomic E-state index is 6.04. The predicted octanol–water partition coefficient (Wildman–Crippen LogP) is 2.67. The van der Waals surface area contributed by atoms with Crippen LogP contribution < -0.4 is 0 Å². The molecule has 2 aliphatic rings. The molecule has 4 rings (SSSR count). The van der Waals surface area contributed by atoms with Crippen molar-refractivity contribution in [3.63, 3.8) is 0 Å². The number of aromatic nitrogens is 2. The van der Waals surface area contributed by atoms with Gasteiger partial charge in [-0.05, 0) is 42.5 Å². The van der Waals surface area contributed by atoms with Gasteiger partial charge >= 0.3 is 0 Å². The van der Waals surface area contributed by atoms with E-state index in [1.54, 1.807) is 6.20 Å². The van der Waals surface area contributed by atoms with Gasteiger partial charge in [-0.25, -0.2) is 0 Å². The summed E-state index contributed by atoms with van der Waals surface area (Å²) < 4.78 is 12.0. The highest BCUT2D eigenvalue weighted by Crippen LogP contribution is 2.35. The van der Waals surface area contributed by atoms with Gasteiger partial charge < -0.3 is 9.47 Å². The van der Waals surface area contributed by atoms with Crippen molar-refractivity contribution in [3.05, 3.63) is 60.2 Å². The molecule has 0 amide bonds. The Bertz CT molecular complexity index is 653. The third-order valence-electron chi connectivity index (χ3n) is 5.19. The molecular formula is C20H25N3O2. The number of hydrogen-bond donors (Lipinski definition) is 0. The van der Waals surface area contributed by atoms with Crippen molar-refractivity contribution >= 4 is 0 Å². The van der Waals surface area contributed by atoms with Crippen molar-refractivity contribution < 1.29 is 9.47 Å². The van der Waals surface area contributed by atoms with Crippen LogP contribution in [-0.2, 0) is 22.6 Å². The summed E-state index contributed by atoms with van der Waals surface area (Å²) in [6.07, 6.45) is 8.10. The molecule has 2 aromatic rings. The molecule has 2 fully saturated rings. The summed E-state index contributed by atoms with van der Waals surface area (Å²) in [6.45, 7) is 4.15. The molecule has 0 spiro atoms. The van der Waals surface area contributed by atoms with Crippen LogP contribution in [-0.4, -0.2) is 46.8 Å². The van der Waals surface area contributed by atoms with Crippen LogP contribution in [0.5, 0.6) is 0 Å². The lowest BCUT2D eigenvalue weighted by Gasteiger charge is -2.37. The molecule has 3 atom stereocenters. The van der Waals surface area contributed by atoms with Crippen molar-refractivity contribution in [2.75, 3.05) is 19.8 Å². The lowest BCUT2D eigenvalue weighted by atomic mass is 10.1. The third kappa shape index (κ3) is 4.24. The van der Waals surface area contributed by atoms with Crippen molar-refractivity contribution in [1.82, 2.24) is 14.9 Å². The minimum absolute atomic E-state index is 0.337. The molecule has 3 heterocycles. The largest absolute Gasteiger partial charge is 0.376 e. The number of nitrogens with zero attached hydrogens (tertiary/aromatic N) is 3. The molecule has 0 aromatic carbocycles. The number of rotatable bonds is 6. The molecule has 132 valence electrons. The standard InChI is InChI=1S/C20H25N3O2/c1-2-7-22-18(5-1)13-23-8-9-25-20-11-17(10-19(20)23)15-24-14-16-4-3-6-21-12-16/h1-7,12,17,19-20H,8-11,13-15H2. The van der Waals surface area contributed by atoms with Crippen molar-refractivity contribution in [2.24, 2.45) is 5.92 Å². The van der Waals surface area contributed by atoms with Gasteiger partial charge in [0.15, 0.2) is 0 Å². The summed E-state index contributed by atoms with van der Waals surface area (Å²) in [4.78, 5) is 11.1. The smallest absolute Gasteiger partial charge is 0.0734 e. The first-order valence-electron chi connectivity index (χ1n) is 9.10. The number of pyridine rings is 2. The SMILES string of the molecule is c1ccc(CN2CCOC3CC(COCc4cccnc4)CC32)nc1. The van der Waals surface area contributed by atoms with E-state index in [9.17, 15) is 0 Å². The first-order valence-corrected chi connectivity index (χ1v) is 9.10. The number of morpholine rings is 1. The van der Waals surface area contributed by atoms with E-state index in [-0.39, 0.29) is 0 Å². The first kappa shape index (κ1) is 16.6. The lowest BCUT2D eigenvalue weighted by Crippen LogP contribution is -2.47. The molecular weight excluding hydrogens is 314 g/mol. The fourth-order valence-corrected chi connectivity index (χ4v) is 3.98. The summed E-state index contributed by atoms with van der Waals surface area (Å²) in [5.41, 5.74) is 2.27. The lowest BCUT2D eigenvalue weighted by molar-refractivity contribution is -0.0595. The second-order valence-corrected chi connectivity index (χ2v) is 6.98. The van der Waals surface area contributed by atoms with Crippen LogP contribution in [0.4, 0.5) is 0 Å². The van der Waals surface area contributed by atoms with Crippen LogP contribution in [0.1, 0.15) is 24.1 Å². The highest BCUT2D eigenvalue weighted by Gasteiger charge is 2.40. The zero-order valence-corrected chi connectivity index (χ0v) is 14.5. The molecule has 1 saturated carbocycles. The molecule has 0 radical (unpaired) electrons. The molecule has 1 saturated heterocycles. The van der Waals surface area contributed by atoms with Gasteiger partial charge in [0.25, 0.3) is 0 Å². The van der Waals surface area contributed by atoms with Crippen molar-refractivity contribution in [2.45, 2.75) is 38.1 Å². The quantitative estimate of drug-likeness (QED) is 0.810. The van der Waals surface area contributed by atoms with E-state index in [2.05, 4.69) is 33.1 Å². The summed E-state index contributed by atoms with van der Waals surface area (Å²) in [5.74, 6) is 0.566. The second-order valence-electron chi connectivity index (χ2n) is 6.98. The van der Waals surface area contributed by atoms with Crippen LogP contribution in [0.3, 0.4) is 0 Å². The van der Waals surface area contributed by atoms with Gasteiger partial charge in [-0.15, -0.1) is 0 Å². The highest BCUT2D eigenvalue weighted by molar-refractivity contribution is 5.07. The Morgan fingerprint density at radius 1 is 1.16 bits per heavy atom.